The van der Waals surface area contributed by atoms with E-state index in [1.807, 2.05) is 25.1 Å². The third kappa shape index (κ3) is 2.61. The van der Waals surface area contributed by atoms with Gasteiger partial charge in [-0.2, -0.15) is 0 Å². The van der Waals surface area contributed by atoms with E-state index in [0.717, 1.165) is 21.9 Å². The number of benzene rings is 1. The predicted molar refractivity (Wildman–Crippen MR) is 83.2 cm³/mol. The maximum Gasteiger partial charge on any atom is 0.128 e. The fraction of sp³-hybridized carbons (Fsp3) is 0.533. The summed E-state index contributed by atoms with van der Waals surface area (Å²) in [6.07, 6.45) is 0. The van der Waals surface area contributed by atoms with Gasteiger partial charge in [0.2, 0.25) is 0 Å². The summed E-state index contributed by atoms with van der Waals surface area (Å²) < 4.78 is 2.19. The van der Waals surface area contributed by atoms with Gasteiger partial charge in [0, 0.05) is 6.04 Å². The number of nitrogens with zero attached hydrogens (tertiary/aromatic N) is 2. The van der Waals surface area contributed by atoms with Gasteiger partial charge in [-0.05, 0) is 31.4 Å². The van der Waals surface area contributed by atoms with Crippen molar-refractivity contribution in [1.29, 1.82) is 0 Å². The number of hydrogen-bond acceptors (Lipinski definition) is 1. The molecule has 2 rings (SSSR count). The van der Waals surface area contributed by atoms with Crippen LogP contribution in [0, 0.1) is 5.41 Å². The second-order valence-electron chi connectivity index (χ2n) is 6.11. The van der Waals surface area contributed by atoms with Gasteiger partial charge < -0.3 is 4.57 Å². The first kappa shape index (κ1) is 14.7. The van der Waals surface area contributed by atoms with Crippen molar-refractivity contribution in [3.63, 3.8) is 0 Å². The smallest absolute Gasteiger partial charge is 0.128 e. The van der Waals surface area contributed by atoms with E-state index in [1.54, 1.807) is 0 Å². The lowest BCUT2D eigenvalue weighted by atomic mass is 9.87. The molecule has 0 N–H and O–H groups in total. The average molecular weight is 299 g/mol. The van der Waals surface area contributed by atoms with Crippen molar-refractivity contribution in [2.24, 2.45) is 5.41 Å². The Hall–Kier alpha value is -0.730. The van der Waals surface area contributed by atoms with Crippen molar-refractivity contribution in [3.8, 4) is 0 Å². The molecule has 0 spiro atoms. The molecule has 2 atom stereocenters. The van der Waals surface area contributed by atoms with Crippen LogP contribution in [0.25, 0.3) is 11.0 Å². The molecular weight excluding hydrogens is 279 g/mol. The molecule has 2 nitrogen and oxygen atoms in total. The minimum atomic E-state index is -0.145. The van der Waals surface area contributed by atoms with E-state index in [1.165, 1.54) is 0 Å². The molecule has 0 aliphatic carbocycles. The van der Waals surface area contributed by atoms with Gasteiger partial charge in [-0.15, -0.1) is 11.6 Å². The number of aromatic nitrogens is 2. The highest BCUT2D eigenvalue weighted by molar-refractivity contribution is 6.35. The van der Waals surface area contributed by atoms with E-state index in [-0.39, 0.29) is 16.8 Å². The van der Waals surface area contributed by atoms with Crippen LogP contribution in [-0.2, 0) is 0 Å². The van der Waals surface area contributed by atoms with E-state index in [0.29, 0.717) is 0 Å². The molecule has 19 heavy (non-hydrogen) atoms. The fourth-order valence-electron chi connectivity index (χ4n) is 2.18. The number of para-hydroxylation sites is 1. The van der Waals surface area contributed by atoms with Crippen molar-refractivity contribution >= 4 is 34.2 Å². The van der Waals surface area contributed by atoms with Crippen LogP contribution in [-0.4, -0.2) is 9.55 Å². The van der Waals surface area contributed by atoms with Gasteiger partial charge >= 0.3 is 0 Å². The van der Waals surface area contributed by atoms with Crippen LogP contribution in [0.2, 0.25) is 5.02 Å². The quantitative estimate of drug-likeness (QED) is 0.660. The average Bonchev–Trinajstić information content (AvgIpc) is 2.67. The summed E-state index contributed by atoms with van der Waals surface area (Å²) in [7, 11) is 0. The van der Waals surface area contributed by atoms with Crippen molar-refractivity contribution in [1.82, 2.24) is 9.55 Å². The number of fused-ring (bicyclic) bond motifs is 1. The fourth-order valence-corrected chi connectivity index (χ4v) is 2.60. The number of imidazole rings is 1. The molecule has 4 heteroatoms. The number of hydrogen-bond donors (Lipinski definition) is 0. The Labute approximate surface area is 124 Å². The summed E-state index contributed by atoms with van der Waals surface area (Å²) in [5, 5.41) is 0.581. The molecule has 0 fully saturated rings. The lowest BCUT2D eigenvalue weighted by Crippen LogP contribution is -2.23. The Kier molecular flexibility index (Phi) is 3.85. The molecule has 0 saturated heterocycles. The van der Waals surface area contributed by atoms with Crippen LogP contribution in [0.3, 0.4) is 0 Å². The third-order valence-corrected chi connectivity index (χ3v) is 4.18. The van der Waals surface area contributed by atoms with Crippen LogP contribution < -0.4 is 0 Å². The zero-order chi connectivity index (χ0) is 14.4. The highest BCUT2D eigenvalue weighted by Gasteiger charge is 2.28. The standard InChI is InChI=1S/C15H20Cl2N2/c1-9(16)14-18-12-8-6-7-11(17)13(12)19(14)10(2)15(3,4)5/h6-10H,1-5H3. The summed E-state index contributed by atoms with van der Waals surface area (Å²) in [4.78, 5) is 4.65. The Morgan fingerprint density at radius 3 is 2.37 bits per heavy atom. The molecule has 2 aromatic rings. The zero-order valence-corrected chi connectivity index (χ0v) is 13.5. The highest BCUT2D eigenvalue weighted by atomic mass is 35.5. The van der Waals surface area contributed by atoms with Crippen LogP contribution in [0.5, 0.6) is 0 Å². The normalized spacial score (nSPS) is 15.7. The van der Waals surface area contributed by atoms with Gasteiger partial charge in [0.15, 0.2) is 0 Å². The van der Waals surface area contributed by atoms with E-state index < -0.39 is 0 Å². The molecule has 0 amide bonds. The number of rotatable bonds is 2. The Morgan fingerprint density at radius 1 is 1.21 bits per heavy atom. The first-order valence-electron chi connectivity index (χ1n) is 6.54. The zero-order valence-electron chi connectivity index (χ0n) is 12.0. The molecule has 0 bridgehead atoms. The largest absolute Gasteiger partial charge is 0.322 e. The molecule has 0 saturated carbocycles. The molecule has 1 aromatic heterocycles. The first-order chi connectivity index (χ1) is 8.73. The van der Waals surface area contributed by atoms with Crippen LogP contribution in [0.15, 0.2) is 18.2 Å². The van der Waals surface area contributed by atoms with Crippen molar-refractivity contribution in [2.45, 2.75) is 46.0 Å². The first-order valence-corrected chi connectivity index (χ1v) is 7.35. The van der Waals surface area contributed by atoms with E-state index >= 15 is 0 Å². The summed E-state index contributed by atoms with van der Waals surface area (Å²) >= 11 is 12.7. The van der Waals surface area contributed by atoms with Gasteiger partial charge in [0.25, 0.3) is 0 Å². The van der Waals surface area contributed by atoms with Crippen molar-refractivity contribution in [3.05, 3.63) is 29.0 Å². The van der Waals surface area contributed by atoms with Crippen LogP contribution in [0.4, 0.5) is 0 Å². The van der Waals surface area contributed by atoms with Gasteiger partial charge in [0.05, 0.1) is 21.4 Å². The van der Waals surface area contributed by atoms with E-state index in [2.05, 4.69) is 37.2 Å². The molecule has 104 valence electrons. The van der Waals surface area contributed by atoms with Crippen LogP contribution >= 0.6 is 23.2 Å². The molecule has 1 aromatic carbocycles. The lowest BCUT2D eigenvalue weighted by Gasteiger charge is -2.31. The van der Waals surface area contributed by atoms with Gasteiger partial charge in [-0.3, -0.25) is 0 Å². The van der Waals surface area contributed by atoms with E-state index in [4.69, 9.17) is 23.2 Å². The van der Waals surface area contributed by atoms with Crippen LogP contribution in [0.1, 0.15) is 51.9 Å². The molecule has 2 unspecified atom stereocenters. The molecule has 0 aliphatic heterocycles. The second-order valence-corrected chi connectivity index (χ2v) is 7.17. The van der Waals surface area contributed by atoms with Crippen molar-refractivity contribution < 1.29 is 0 Å². The monoisotopic (exact) mass is 298 g/mol. The van der Waals surface area contributed by atoms with Gasteiger partial charge in [0.1, 0.15) is 5.82 Å². The number of halogens is 2. The summed E-state index contributed by atoms with van der Waals surface area (Å²) in [6, 6.07) is 6.07. The lowest BCUT2D eigenvalue weighted by molar-refractivity contribution is 0.262. The van der Waals surface area contributed by atoms with E-state index in [9.17, 15) is 0 Å². The number of alkyl halides is 1. The van der Waals surface area contributed by atoms with Gasteiger partial charge in [-0.25, -0.2) is 4.98 Å². The highest BCUT2D eigenvalue weighted by Crippen LogP contribution is 2.38. The Morgan fingerprint density at radius 2 is 1.84 bits per heavy atom. The Bertz CT molecular complexity index is 594. The maximum atomic E-state index is 6.37. The Balaban J connectivity index is 2.78. The minimum absolute atomic E-state index is 0.104. The summed E-state index contributed by atoms with van der Waals surface area (Å²) in [6.45, 7) is 10.8. The van der Waals surface area contributed by atoms with Gasteiger partial charge in [-0.1, -0.05) is 38.4 Å². The summed E-state index contributed by atoms with van der Waals surface area (Å²) in [5.74, 6) is 0.882. The third-order valence-electron chi connectivity index (χ3n) is 3.68. The van der Waals surface area contributed by atoms with Crippen molar-refractivity contribution in [2.75, 3.05) is 0 Å². The second kappa shape index (κ2) is 4.99. The topological polar surface area (TPSA) is 17.8 Å². The molecule has 1 heterocycles. The summed E-state index contributed by atoms with van der Waals surface area (Å²) in [5.41, 5.74) is 1.99. The molecule has 0 aliphatic rings. The maximum absolute atomic E-state index is 6.37. The molecule has 0 radical (unpaired) electrons. The SMILES string of the molecule is CC(Cl)c1nc2cccc(Cl)c2n1C(C)C(C)(C)C. The predicted octanol–water partition coefficient (Wildman–Crippen LogP) is 5.60. The minimum Gasteiger partial charge on any atom is -0.322 e. The molecular formula is C15H20Cl2N2.